The molecule has 1 unspecified atom stereocenters. The molecule has 3 N–H and O–H groups in total. The molecule has 1 aromatic rings. The largest absolute Gasteiger partial charge is 0.508 e. The van der Waals surface area contributed by atoms with Crippen LogP contribution in [0.15, 0.2) is 22.7 Å². The van der Waals surface area contributed by atoms with Crippen molar-refractivity contribution in [3.05, 3.63) is 28.2 Å². The van der Waals surface area contributed by atoms with Gasteiger partial charge in [-0.15, -0.1) is 0 Å². The molecular weight excluding hydrogens is 270 g/mol. The van der Waals surface area contributed by atoms with Gasteiger partial charge in [-0.2, -0.15) is 0 Å². The van der Waals surface area contributed by atoms with E-state index in [1.54, 1.807) is 6.07 Å². The Kier molecular flexibility index (Phi) is 4.35. The van der Waals surface area contributed by atoms with E-state index in [1.165, 1.54) is 0 Å². The van der Waals surface area contributed by atoms with Crippen molar-refractivity contribution in [1.82, 2.24) is 5.32 Å². The predicted molar refractivity (Wildman–Crippen MR) is 68.5 cm³/mol. The highest BCUT2D eigenvalue weighted by molar-refractivity contribution is 9.10. The van der Waals surface area contributed by atoms with Crippen LogP contribution in [0.5, 0.6) is 5.75 Å². The van der Waals surface area contributed by atoms with E-state index < -0.39 is 0 Å². The lowest BCUT2D eigenvalue weighted by Gasteiger charge is -2.28. The van der Waals surface area contributed by atoms with Crippen LogP contribution < -0.4 is 5.32 Å². The van der Waals surface area contributed by atoms with Gasteiger partial charge in [0, 0.05) is 21.6 Å². The van der Waals surface area contributed by atoms with Crippen molar-refractivity contribution in [2.24, 2.45) is 0 Å². The van der Waals surface area contributed by atoms with E-state index in [0.29, 0.717) is 0 Å². The fraction of sp³-hybridized carbons (Fsp3) is 0.500. The van der Waals surface area contributed by atoms with Crippen molar-refractivity contribution in [2.45, 2.75) is 32.4 Å². The summed E-state index contributed by atoms with van der Waals surface area (Å²) in [6.07, 6.45) is 0. The third-order valence-corrected chi connectivity index (χ3v) is 2.95. The molecule has 0 radical (unpaired) electrons. The summed E-state index contributed by atoms with van der Waals surface area (Å²) < 4.78 is 0.849. The topological polar surface area (TPSA) is 52.5 Å². The minimum Gasteiger partial charge on any atom is -0.508 e. The number of nitrogens with one attached hydrogen (secondary N) is 1. The predicted octanol–water partition coefficient (Wildman–Crippen LogP) is 2.58. The van der Waals surface area contributed by atoms with Gasteiger partial charge in [0.1, 0.15) is 5.75 Å². The van der Waals surface area contributed by atoms with Crippen LogP contribution in [0.4, 0.5) is 0 Å². The lowest BCUT2D eigenvalue weighted by Crippen LogP contribution is -2.43. The maximum atomic E-state index is 9.80. The smallest absolute Gasteiger partial charge is 0.121 e. The Hall–Kier alpha value is -0.580. The molecule has 0 aromatic heterocycles. The quantitative estimate of drug-likeness (QED) is 0.798. The van der Waals surface area contributed by atoms with E-state index in [9.17, 15) is 10.2 Å². The molecule has 0 aliphatic carbocycles. The Labute approximate surface area is 105 Å². The van der Waals surface area contributed by atoms with Crippen LogP contribution in [0.3, 0.4) is 0 Å². The van der Waals surface area contributed by atoms with Crippen LogP contribution in [0.2, 0.25) is 0 Å². The number of halogens is 1. The van der Waals surface area contributed by atoms with Gasteiger partial charge in [-0.05, 0) is 32.9 Å². The monoisotopic (exact) mass is 287 g/mol. The second-order valence-electron chi connectivity index (χ2n) is 4.61. The molecule has 0 aliphatic heterocycles. The zero-order chi connectivity index (χ0) is 12.3. The molecule has 0 fully saturated rings. The van der Waals surface area contributed by atoms with E-state index in [-0.39, 0.29) is 23.9 Å². The van der Waals surface area contributed by atoms with Gasteiger partial charge in [0.2, 0.25) is 0 Å². The van der Waals surface area contributed by atoms with Crippen LogP contribution >= 0.6 is 15.9 Å². The zero-order valence-corrected chi connectivity index (χ0v) is 11.4. The molecule has 1 aromatic carbocycles. The van der Waals surface area contributed by atoms with Gasteiger partial charge in [-0.1, -0.05) is 22.0 Å². The summed E-state index contributed by atoms with van der Waals surface area (Å²) >= 11 is 3.30. The number of aromatic hydroxyl groups is 1. The summed E-state index contributed by atoms with van der Waals surface area (Å²) in [6.45, 7) is 5.84. The van der Waals surface area contributed by atoms with Crippen molar-refractivity contribution < 1.29 is 10.2 Å². The molecule has 16 heavy (non-hydrogen) atoms. The number of aliphatic hydroxyl groups is 1. The summed E-state index contributed by atoms with van der Waals surface area (Å²) in [5.41, 5.74) is 0.462. The van der Waals surface area contributed by atoms with E-state index in [1.807, 2.05) is 32.9 Å². The van der Waals surface area contributed by atoms with Gasteiger partial charge in [0.25, 0.3) is 0 Å². The van der Waals surface area contributed by atoms with Crippen molar-refractivity contribution >= 4 is 15.9 Å². The van der Waals surface area contributed by atoms with Crippen LogP contribution in [0, 0.1) is 0 Å². The van der Waals surface area contributed by atoms with Crippen LogP contribution in [0.1, 0.15) is 32.4 Å². The second-order valence-corrected chi connectivity index (χ2v) is 5.53. The number of benzene rings is 1. The highest BCUT2D eigenvalue weighted by Crippen LogP contribution is 2.28. The molecule has 0 amide bonds. The summed E-state index contributed by atoms with van der Waals surface area (Å²) in [6, 6.07) is 5.40. The molecule has 90 valence electrons. The van der Waals surface area contributed by atoms with Crippen molar-refractivity contribution in [1.29, 1.82) is 0 Å². The lowest BCUT2D eigenvalue weighted by molar-refractivity contribution is 0.177. The first kappa shape index (κ1) is 13.5. The molecule has 1 atom stereocenters. The Morgan fingerprint density at radius 3 is 2.56 bits per heavy atom. The molecule has 0 bridgehead atoms. The highest BCUT2D eigenvalue weighted by atomic mass is 79.9. The normalized spacial score (nSPS) is 13.8. The van der Waals surface area contributed by atoms with Crippen molar-refractivity contribution in [3.8, 4) is 5.75 Å². The summed E-state index contributed by atoms with van der Waals surface area (Å²) in [5.74, 6) is 0.253. The molecule has 0 saturated heterocycles. The van der Waals surface area contributed by atoms with Gasteiger partial charge >= 0.3 is 0 Å². The first-order valence-corrected chi connectivity index (χ1v) is 6.02. The zero-order valence-electron chi connectivity index (χ0n) is 9.79. The fourth-order valence-electron chi connectivity index (χ4n) is 1.59. The second kappa shape index (κ2) is 5.17. The Bertz CT molecular complexity index is 366. The SMILES string of the molecule is CC(NC(C)(C)CO)c1ccc(Br)cc1O. The fourth-order valence-corrected chi connectivity index (χ4v) is 1.94. The number of phenols is 1. The maximum absolute atomic E-state index is 9.80. The number of aliphatic hydroxyl groups excluding tert-OH is 1. The third kappa shape index (κ3) is 3.47. The van der Waals surface area contributed by atoms with Gasteiger partial charge in [0.15, 0.2) is 0 Å². The molecule has 0 heterocycles. The maximum Gasteiger partial charge on any atom is 0.121 e. The van der Waals surface area contributed by atoms with E-state index in [2.05, 4.69) is 21.2 Å². The average molecular weight is 288 g/mol. The van der Waals surface area contributed by atoms with Gasteiger partial charge < -0.3 is 15.5 Å². The number of hydrogen-bond acceptors (Lipinski definition) is 3. The van der Waals surface area contributed by atoms with Gasteiger partial charge in [-0.3, -0.25) is 0 Å². The first-order chi connectivity index (χ1) is 7.35. The number of phenolic OH excluding ortho intramolecular Hbond substituents is 1. The molecule has 3 nitrogen and oxygen atoms in total. The van der Waals surface area contributed by atoms with Crippen molar-refractivity contribution in [2.75, 3.05) is 6.61 Å². The Balaban J connectivity index is 2.84. The summed E-state index contributed by atoms with van der Waals surface area (Å²) in [7, 11) is 0. The van der Waals surface area contributed by atoms with Crippen LogP contribution in [0.25, 0.3) is 0 Å². The highest BCUT2D eigenvalue weighted by Gasteiger charge is 2.21. The van der Waals surface area contributed by atoms with Crippen LogP contribution in [-0.2, 0) is 0 Å². The minimum atomic E-state index is -0.362. The summed E-state index contributed by atoms with van der Waals surface area (Å²) in [4.78, 5) is 0. The molecule has 1 rings (SSSR count). The van der Waals surface area contributed by atoms with Gasteiger partial charge in [0.05, 0.1) is 6.61 Å². The molecular formula is C12H18BrNO2. The van der Waals surface area contributed by atoms with Gasteiger partial charge in [-0.25, -0.2) is 0 Å². The van der Waals surface area contributed by atoms with E-state index in [0.717, 1.165) is 10.0 Å². The van der Waals surface area contributed by atoms with E-state index >= 15 is 0 Å². The minimum absolute atomic E-state index is 0.0183. The molecule has 0 saturated carbocycles. The first-order valence-electron chi connectivity index (χ1n) is 5.23. The third-order valence-electron chi connectivity index (χ3n) is 2.46. The number of rotatable bonds is 4. The summed E-state index contributed by atoms with van der Waals surface area (Å²) in [5, 5.41) is 22.2. The number of hydrogen-bond donors (Lipinski definition) is 3. The van der Waals surface area contributed by atoms with Crippen LogP contribution in [-0.4, -0.2) is 22.4 Å². The molecule has 0 spiro atoms. The van der Waals surface area contributed by atoms with Crippen molar-refractivity contribution in [3.63, 3.8) is 0 Å². The van der Waals surface area contributed by atoms with E-state index in [4.69, 9.17) is 0 Å². The molecule has 0 aliphatic rings. The standard InChI is InChI=1S/C12H18BrNO2/c1-8(14-12(2,3)7-15)10-5-4-9(13)6-11(10)16/h4-6,8,14-16H,7H2,1-3H3. The molecule has 4 heteroatoms. The lowest BCUT2D eigenvalue weighted by atomic mass is 10.0. The Morgan fingerprint density at radius 2 is 2.06 bits per heavy atom. The average Bonchev–Trinajstić information content (AvgIpc) is 2.16. The Morgan fingerprint density at radius 1 is 1.44 bits per heavy atom.